The molecular formula is C19H29F3N4O. The standard InChI is InChI=1S/C19H29F3N4O/c1-5-13-9-15(19(20,21)22)26-16(23-13)10-14(24-26)12-7-6-8-25(11-12)17(27)18(2,3)4/h10,12-13,15,23H,5-9,11H2,1-4H3/t12?,13-,15-/m1/s1. The van der Waals surface area contributed by atoms with Crippen LogP contribution in [0.1, 0.15) is 71.0 Å². The van der Waals surface area contributed by atoms with Gasteiger partial charge < -0.3 is 10.2 Å². The number of halogens is 3. The van der Waals surface area contributed by atoms with Gasteiger partial charge in [0.2, 0.25) is 5.91 Å². The Morgan fingerprint density at radius 1 is 1.33 bits per heavy atom. The lowest BCUT2D eigenvalue weighted by atomic mass is 9.90. The first-order valence-corrected chi connectivity index (χ1v) is 9.72. The minimum Gasteiger partial charge on any atom is -0.367 e. The quantitative estimate of drug-likeness (QED) is 0.823. The lowest BCUT2D eigenvalue weighted by Gasteiger charge is -2.36. The Bertz CT molecular complexity index is 692. The summed E-state index contributed by atoms with van der Waals surface area (Å²) in [6.07, 6.45) is -2.03. The van der Waals surface area contributed by atoms with Crippen LogP contribution in [0.4, 0.5) is 19.0 Å². The van der Waals surface area contributed by atoms with E-state index in [0.717, 1.165) is 17.5 Å². The van der Waals surface area contributed by atoms with E-state index in [1.54, 1.807) is 6.07 Å². The molecule has 0 bridgehead atoms. The zero-order valence-electron chi connectivity index (χ0n) is 16.4. The van der Waals surface area contributed by atoms with Gasteiger partial charge in [0, 0.05) is 36.5 Å². The largest absolute Gasteiger partial charge is 0.410 e. The molecule has 0 radical (unpaired) electrons. The van der Waals surface area contributed by atoms with Gasteiger partial charge in [-0.25, -0.2) is 4.68 Å². The van der Waals surface area contributed by atoms with E-state index in [9.17, 15) is 18.0 Å². The van der Waals surface area contributed by atoms with Crippen molar-refractivity contribution in [1.82, 2.24) is 14.7 Å². The van der Waals surface area contributed by atoms with Crippen molar-refractivity contribution >= 4 is 11.7 Å². The maximum absolute atomic E-state index is 13.5. The molecule has 1 fully saturated rings. The average molecular weight is 386 g/mol. The summed E-state index contributed by atoms with van der Waals surface area (Å²) in [6, 6.07) is -0.0571. The Labute approximate surface area is 158 Å². The van der Waals surface area contributed by atoms with Crippen LogP contribution in [0, 0.1) is 5.41 Å². The number of rotatable bonds is 2. The van der Waals surface area contributed by atoms with Gasteiger partial charge in [0.25, 0.3) is 0 Å². The molecule has 0 spiro atoms. The van der Waals surface area contributed by atoms with Crippen LogP contribution < -0.4 is 5.32 Å². The van der Waals surface area contributed by atoms with Gasteiger partial charge in [-0.2, -0.15) is 18.3 Å². The van der Waals surface area contributed by atoms with E-state index in [2.05, 4.69) is 10.4 Å². The van der Waals surface area contributed by atoms with Crippen LogP contribution >= 0.6 is 0 Å². The Morgan fingerprint density at radius 3 is 2.63 bits per heavy atom. The van der Waals surface area contributed by atoms with Crippen molar-refractivity contribution in [3.05, 3.63) is 11.8 Å². The predicted molar refractivity (Wildman–Crippen MR) is 97.6 cm³/mol. The van der Waals surface area contributed by atoms with Crippen molar-refractivity contribution in [2.24, 2.45) is 5.41 Å². The topological polar surface area (TPSA) is 50.2 Å². The number of anilines is 1. The van der Waals surface area contributed by atoms with Crippen LogP contribution in [0.3, 0.4) is 0 Å². The maximum atomic E-state index is 13.5. The maximum Gasteiger partial charge on any atom is 0.410 e. The number of hydrogen-bond donors (Lipinski definition) is 1. The van der Waals surface area contributed by atoms with Crippen molar-refractivity contribution in [3.63, 3.8) is 0 Å². The summed E-state index contributed by atoms with van der Waals surface area (Å²) in [7, 11) is 0. The first-order valence-electron chi connectivity index (χ1n) is 9.72. The molecule has 3 heterocycles. The normalized spacial score (nSPS) is 26.5. The number of alkyl halides is 3. The Kier molecular flexibility index (Phi) is 5.20. The minimum absolute atomic E-state index is 0.00653. The predicted octanol–water partition coefficient (Wildman–Crippen LogP) is 4.33. The molecule has 8 heteroatoms. The van der Waals surface area contributed by atoms with E-state index >= 15 is 0 Å². The fourth-order valence-corrected chi connectivity index (χ4v) is 4.01. The van der Waals surface area contributed by atoms with Crippen LogP contribution in [0.2, 0.25) is 0 Å². The van der Waals surface area contributed by atoms with Gasteiger partial charge in [-0.15, -0.1) is 0 Å². The highest BCUT2D eigenvalue weighted by Gasteiger charge is 2.46. The van der Waals surface area contributed by atoms with E-state index < -0.39 is 17.6 Å². The smallest absolute Gasteiger partial charge is 0.367 e. The summed E-state index contributed by atoms with van der Waals surface area (Å²) >= 11 is 0. The van der Waals surface area contributed by atoms with Crippen LogP contribution in [-0.2, 0) is 4.79 Å². The summed E-state index contributed by atoms with van der Waals surface area (Å²) in [4.78, 5) is 14.4. The molecule has 2 aliphatic rings. The lowest BCUT2D eigenvalue weighted by molar-refractivity contribution is -0.173. The number of carbonyl (C=O) groups is 1. The first kappa shape index (κ1) is 20.0. The second-order valence-corrected chi connectivity index (χ2v) is 8.78. The fourth-order valence-electron chi connectivity index (χ4n) is 4.01. The molecule has 0 saturated carbocycles. The van der Waals surface area contributed by atoms with Crippen LogP contribution in [-0.4, -0.2) is 45.9 Å². The summed E-state index contributed by atoms with van der Waals surface area (Å²) in [6.45, 7) is 8.75. The van der Waals surface area contributed by atoms with Gasteiger partial charge >= 0.3 is 6.18 Å². The minimum atomic E-state index is -4.33. The monoisotopic (exact) mass is 386 g/mol. The summed E-state index contributed by atoms with van der Waals surface area (Å²) in [5.74, 6) is 0.483. The molecule has 1 aromatic heterocycles. The second-order valence-electron chi connectivity index (χ2n) is 8.78. The van der Waals surface area contributed by atoms with Crippen LogP contribution in [0.15, 0.2) is 6.07 Å². The summed E-state index contributed by atoms with van der Waals surface area (Å²) in [5.41, 5.74) is 0.182. The number of carbonyl (C=O) groups excluding carboxylic acids is 1. The molecule has 0 aliphatic carbocycles. The molecule has 5 nitrogen and oxygen atoms in total. The zero-order valence-corrected chi connectivity index (χ0v) is 16.4. The molecule has 152 valence electrons. The van der Waals surface area contributed by atoms with E-state index in [-0.39, 0.29) is 24.3 Å². The van der Waals surface area contributed by atoms with Crippen molar-refractivity contribution < 1.29 is 18.0 Å². The second kappa shape index (κ2) is 7.02. The molecule has 2 aliphatic heterocycles. The molecule has 1 N–H and O–H groups in total. The molecule has 0 aromatic carbocycles. The average Bonchev–Trinajstić information content (AvgIpc) is 3.02. The van der Waals surface area contributed by atoms with E-state index in [1.165, 1.54) is 0 Å². The third kappa shape index (κ3) is 4.09. The highest BCUT2D eigenvalue weighted by molar-refractivity contribution is 5.81. The number of nitrogens with one attached hydrogen (secondary N) is 1. The van der Waals surface area contributed by atoms with Crippen molar-refractivity contribution in [2.75, 3.05) is 18.4 Å². The Hall–Kier alpha value is -1.73. The number of nitrogens with zero attached hydrogens (tertiary/aromatic N) is 3. The number of fused-ring (bicyclic) bond motifs is 1. The van der Waals surface area contributed by atoms with E-state index in [0.29, 0.717) is 31.0 Å². The van der Waals surface area contributed by atoms with Gasteiger partial charge in [0.1, 0.15) is 5.82 Å². The SMILES string of the molecule is CC[C@@H]1C[C@H](C(F)(F)F)n2nc(C3CCCN(C(=O)C(C)(C)C)C3)cc2N1. The first-order chi connectivity index (χ1) is 12.5. The van der Waals surface area contributed by atoms with E-state index in [1.807, 2.05) is 32.6 Å². The van der Waals surface area contributed by atoms with Crippen molar-refractivity contribution in [1.29, 1.82) is 0 Å². The molecular weight excluding hydrogens is 357 g/mol. The Balaban J connectivity index is 1.85. The zero-order chi connectivity index (χ0) is 20.0. The summed E-state index contributed by atoms with van der Waals surface area (Å²) in [5, 5.41) is 7.53. The number of hydrogen-bond acceptors (Lipinski definition) is 3. The highest BCUT2D eigenvalue weighted by atomic mass is 19.4. The third-order valence-corrected chi connectivity index (χ3v) is 5.55. The highest BCUT2D eigenvalue weighted by Crippen LogP contribution is 2.41. The third-order valence-electron chi connectivity index (χ3n) is 5.55. The van der Waals surface area contributed by atoms with Crippen molar-refractivity contribution in [2.45, 2.75) is 77.6 Å². The number of aromatic nitrogens is 2. The Morgan fingerprint density at radius 2 is 2.04 bits per heavy atom. The molecule has 27 heavy (non-hydrogen) atoms. The molecule has 1 saturated heterocycles. The number of amides is 1. The van der Waals surface area contributed by atoms with Crippen LogP contribution in [0.25, 0.3) is 0 Å². The van der Waals surface area contributed by atoms with Gasteiger partial charge in [-0.05, 0) is 25.7 Å². The molecule has 3 rings (SSSR count). The molecule has 3 atom stereocenters. The van der Waals surface area contributed by atoms with Gasteiger partial charge in [0.05, 0.1) is 5.69 Å². The number of likely N-dealkylation sites (tertiary alicyclic amines) is 1. The van der Waals surface area contributed by atoms with Gasteiger partial charge in [-0.3, -0.25) is 4.79 Å². The van der Waals surface area contributed by atoms with Gasteiger partial charge in [-0.1, -0.05) is 27.7 Å². The lowest BCUT2D eigenvalue weighted by Crippen LogP contribution is -2.44. The van der Waals surface area contributed by atoms with Gasteiger partial charge in [0.15, 0.2) is 6.04 Å². The van der Waals surface area contributed by atoms with Crippen LogP contribution in [0.5, 0.6) is 0 Å². The van der Waals surface area contributed by atoms with E-state index in [4.69, 9.17) is 0 Å². The fraction of sp³-hybridized carbons (Fsp3) is 0.789. The molecule has 1 aromatic rings. The van der Waals surface area contributed by atoms with Crippen molar-refractivity contribution in [3.8, 4) is 0 Å². The molecule has 1 unspecified atom stereocenters. The molecule has 1 amide bonds. The number of piperidine rings is 1. The summed E-state index contributed by atoms with van der Waals surface area (Å²) < 4.78 is 41.7.